The molecule has 0 saturated heterocycles. The lowest BCUT2D eigenvalue weighted by molar-refractivity contribution is 0.259. The van der Waals surface area contributed by atoms with Crippen LogP contribution in [0, 0.1) is 0 Å². The van der Waals surface area contributed by atoms with Crippen molar-refractivity contribution in [3.8, 4) is 0 Å². The fourth-order valence-electron chi connectivity index (χ4n) is 1.03. The molecule has 9 heavy (non-hydrogen) atoms. The zero-order valence-corrected chi connectivity index (χ0v) is 6.50. The fourth-order valence-corrected chi connectivity index (χ4v) is 1.56. The van der Waals surface area contributed by atoms with Crippen LogP contribution in [0.1, 0.15) is 19.3 Å². The monoisotopic (exact) mass is 170 g/mol. The quantitative estimate of drug-likeness (QED) is 0.491. The molecule has 3 atom stereocenters. The molecule has 0 radical (unpaired) electrons. The maximum atomic E-state index is 12.6. The molecule has 1 aliphatic carbocycles. The minimum absolute atomic E-state index is 0.00926. The van der Waals surface area contributed by atoms with Crippen molar-refractivity contribution in [1.29, 1.82) is 0 Å². The van der Waals surface area contributed by atoms with E-state index in [2.05, 4.69) is 0 Å². The normalized spacial score (nSPS) is 45.0. The first-order valence-corrected chi connectivity index (χ1v) is 3.99. The third kappa shape index (κ3) is 1.98. The van der Waals surface area contributed by atoms with Gasteiger partial charge in [0.05, 0.1) is 5.38 Å². The smallest absolute Gasteiger partial charge is 0.118 e. The lowest BCUT2D eigenvalue weighted by Crippen LogP contribution is -2.26. The van der Waals surface area contributed by atoms with Crippen LogP contribution >= 0.6 is 23.2 Å². The van der Waals surface area contributed by atoms with Gasteiger partial charge in [0, 0.05) is 5.38 Å². The van der Waals surface area contributed by atoms with Gasteiger partial charge in [-0.15, -0.1) is 23.2 Å². The standard InChI is InChI=1S/C6H9Cl2F/c7-4-1-2-5(8)6(9)3-4/h4-6H,1-3H2. The van der Waals surface area contributed by atoms with Crippen molar-refractivity contribution < 1.29 is 4.39 Å². The summed E-state index contributed by atoms with van der Waals surface area (Å²) in [5, 5.41) is -0.282. The summed E-state index contributed by atoms with van der Waals surface area (Å²) in [7, 11) is 0. The Kier molecular flexibility index (Phi) is 2.59. The fraction of sp³-hybridized carbons (Fsp3) is 1.00. The van der Waals surface area contributed by atoms with E-state index in [-0.39, 0.29) is 10.8 Å². The Bertz CT molecular complexity index is 97.1. The van der Waals surface area contributed by atoms with Crippen LogP contribution in [0.3, 0.4) is 0 Å². The van der Waals surface area contributed by atoms with Crippen LogP contribution in [-0.2, 0) is 0 Å². The summed E-state index contributed by atoms with van der Waals surface area (Å²) >= 11 is 11.3. The van der Waals surface area contributed by atoms with Crippen molar-refractivity contribution >= 4 is 23.2 Å². The summed E-state index contributed by atoms with van der Waals surface area (Å²) in [6.45, 7) is 0. The Morgan fingerprint density at radius 3 is 2.33 bits per heavy atom. The maximum Gasteiger partial charge on any atom is 0.118 e. The van der Waals surface area contributed by atoms with E-state index in [9.17, 15) is 4.39 Å². The summed E-state index contributed by atoms with van der Waals surface area (Å²) in [6.07, 6.45) is 1.12. The summed E-state index contributed by atoms with van der Waals surface area (Å²) < 4.78 is 12.6. The highest BCUT2D eigenvalue weighted by molar-refractivity contribution is 6.22. The van der Waals surface area contributed by atoms with Gasteiger partial charge in [0.2, 0.25) is 0 Å². The molecular formula is C6H9Cl2F. The van der Waals surface area contributed by atoms with Crippen LogP contribution in [0.2, 0.25) is 0 Å². The van der Waals surface area contributed by atoms with Crippen molar-refractivity contribution in [2.24, 2.45) is 0 Å². The molecule has 1 fully saturated rings. The van der Waals surface area contributed by atoms with Crippen molar-refractivity contribution in [1.82, 2.24) is 0 Å². The maximum absolute atomic E-state index is 12.6. The summed E-state index contributed by atoms with van der Waals surface area (Å²) in [5.41, 5.74) is 0. The number of halogens is 3. The van der Waals surface area contributed by atoms with Crippen molar-refractivity contribution in [3.05, 3.63) is 0 Å². The first-order chi connectivity index (χ1) is 4.20. The molecule has 0 aromatic carbocycles. The van der Waals surface area contributed by atoms with Gasteiger partial charge in [0.1, 0.15) is 6.17 Å². The largest absolute Gasteiger partial charge is 0.246 e. The molecule has 3 unspecified atom stereocenters. The van der Waals surface area contributed by atoms with Gasteiger partial charge in [-0.05, 0) is 19.3 Å². The first-order valence-electron chi connectivity index (χ1n) is 3.12. The third-order valence-corrected chi connectivity index (χ3v) is 2.52. The molecular weight excluding hydrogens is 162 g/mol. The SMILES string of the molecule is FC1CC(Cl)CCC1Cl. The van der Waals surface area contributed by atoms with Gasteiger partial charge in [0.15, 0.2) is 0 Å². The molecule has 0 spiro atoms. The summed E-state index contributed by atoms with van der Waals surface area (Å²) in [4.78, 5) is 0. The molecule has 0 bridgehead atoms. The molecule has 0 amide bonds. The van der Waals surface area contributed by atoms with E-state index in [1.54, 1.807) is 0 Å². The Labute approximate surface area is 64.3 Å². The third-order valence-electron chi connectivity index (χ3n) is 1.63. The van der Waals surface area contributed by atoms with Crippen LogP contribution < -0.4 is 0 Å². The molecule has 1 aliphatic rings. The zero-order valence-electron chi connectivity index (χ0n) is 4.99. The number of hydrogen-bond donors (Lipinski definition) is 0. The van der Waals surface area contributed by atoms with Crippen molar-refractivity contribution in [2.45, 2.75) is 36.2 Å². The van der Waals surface area contributed by atoms with Gasteiger partial charge in [0.25, 0.3) is 0 Å². The minimum Gasteiger partial charge on any atom is -0.246 e. The second-order valence-electron chi connectivity index (χ2n) is 2.44. The second-order valence-corrected chi connectivity index (χ2v) is 3.62. The Hall–Kier alpha value is 0.510. The summed E-state index contributed by atoms with van der Waals surface area (Å²) in [5.74, 6) is 0. The van der Waals surface area contributed by atoms with Gasteiger partial charge in [-0.3, -0.25) is 0 Å². The molecule has 0 heterocycles. The van der Waals surface area contributed by atoms with E-state index < -0.39 is 6.17 Å². The molecule has 0 aliphatic heterocycles. The molecule has 0 aromatic heterocycles. The molecule has 0 nitrogen and oxygen atoms in total. The average molecular weight is 171 g/mol. The zero-order chi connectivity index (χ0) is 6.85. The Balaban J connectivity index is 2.35. The number of rotatable bonds is 0. The molecule has 0 aromatic rings. The van der Waals surface area contributed by atoms with E-state index in [4.69, 9.17) is 23.2 Å². The van der Waals surface area contributed by atoms with E-state index in [1.165, 1.54) is 0 Å². The molecule has 3 heteroatoms. The molecule has 54 valence electrons. The first kappa shape index (κ1) is 7.62. The highest BCUT2D eigenvalue weighted by Crippen LogP contribution is 2.28. The second kappa shape index (κ2) is 3.07. The van der Waals surface area contributed by atoms with Crippen LogP contribution in [0.4, 0.5) is 4.39 Å². The molecule has 0 N–H and O–H groups in total. The van der Waals surface area contributed by atoms with Crippen molar-refractivity contribution in [3.63, 3.8) is 0 Å². The lowest BCUT2D eigenvalue weighted by atomic mass is 9.98. The van der Waals surface area contributed by atoms with Crippen LogP contribution in [0.5, 0.6) is 0 Å². The molecule has 1 saturated carbocycles. The van der Waals surface area contributed by atoms with Crippen LogP contribution in [-0.4, -0.2) is 16.9 Å². The minimum atomic E-state index is -0.886. The van der Waals surface area contributed by atoms with E-state index in [0.29, 0.717) is 6.42 Å². The van der Waals surface area contributed by atoms with E-state index in [1.807, 2.05) is 0 Å². The predicted molar refractivity (Wildman–Crippen MR) is 38.0 cm³/mol. The van der Waals surface area contributed by atoms with Crippen LogP contribution in [0.25, 0.3) is 0 Å². The topological polar surface area (TPSA) is 0 Å². The van der Waals surface area contributed by atoms with Gasteiger partial charge in [-0.25, -0.2) is 4.39 Å². The van der Waals surface area contributed by atoms with E-state index >= 15 is 0 Å². The number of alkyl halides is 3. The highest BCUT2D eigenvalue weighted by atomic mass is 35.5. The van der Waals surface area contributed by atoms with Gasteiger partial charge in [-0.1, -0.05) is 0 Å². The average Bonchev–Trinajstić information content (AvgIpc) is 1.80. The number of hydrogen-bond acceptors (Lipinski definition) is 0. The Morgan fingerprint density at radius 2 is 1.89 bits per heavy atom. The van der Waals surface area contributed by atoms with Gasteiger partial charge >= 0.3 is 0 Å². The van der Waals surface area contributed by atoms with Crippen LogP contribution in [0.15, 0.2) is 0 Å². The Morgan fingerprint density at radius 1 is 1.22 bits per heavy atom. The van der Waals surface area contributed by atoms with Gasteiger partial charge < -0.3 is 0 Å². The summed E-state index contributed by atoms with van der Waals surface area (Å²) in [6, 6.07) is 0. The van der Waals surface area contributed by atoms with E-state index in [0.717, 1.165) is 12.8 Å². The van der Waals surface area contributed by atoms with Gasteiger partial charge in [-0.2, -0.15) is 0 Å². The van der Waals surface area contributed by atoms with Crippen molar-refractivity contribution in [2.75, 3.05) is 0 Å². The lowest BCUT2D eigenvalue weighted by Gasteiger charge is -2.23. The molecule has 1 rings (SSSR count). The predicted octanol–water partition coefficient (Wildman–Crippen LogP) is 2.72. The highest BCUT2D eigenvalue weighted by Gasteiger charge is 2.27.